The number of nitrogens with zero attached hydrogens (tertiary/aromatic N) is 1. The second kappa shape index (κ2) is 9.23. The van der Waals surface area contributed by atoms with Crippen molar-refractivity contribution in [2.24, 2.45) is 0 Å². The maximum atomic E-state index is 13.3. The number of rotatable bonds is 4. The van der Waals surface area contributed by atoms with Gasteiger partial charge >= 0.3 is 0 Å². The van der Waals surface area contributed by atoms with Crippen molar-refractivity contribution in [2.45, 2.75) is 6.04 Å². The van der Waals surface area contributed by atoms with E-state index in [-0.39, 0.29) is 36.6 Å². The Morgan fingerprint density at radius 1 is 1.35 bits per heavy atom. The first kappa shape index (κ1) is 19.2. The van der Waals surface area contributed by atoms with Crippen LogP contribution in [0.25, 0.3) is 0 Å². The lowest BCUT2D eigenvalue weighted by atomic mass is 10.0. The number of benzene rings is 1. The van der Waals surface area contributed by atoms with Crippen molar-refractivity contribution in [1.29, 1.82) is 0 Å². The highest BCUT2D eigenvalue weighted by Crippen LogP contribution is 2.31. The molecular weight excluding hydrogens is 306 g/mol. The third kappa shape index (κ3) is 4.38. The molecule has 0 amide bonds. The van der Waals surface area contributed by atoms with E-state index in [4.69, 9.17) is 4.74 Å². The molecule has 4 nitrogen and oxygen atoms in total. The van der Waals surface area contributed by atoms with E-state index in [9.17, 15) is 9.50 Å². The minimum atomic E-state index is -0.453. The van der Waals surface area contributed by atoms with Gasteiger partial charge in [0.1, 0.15) is 6.67 Å². The SMILES string of the molecule is COc1ccc([C@@H](CF)N2CCNCC2)cc1O.Cl.Cl. The highest BCUT2D eigenvalue weighted by molar-refractivity contribution is 5.85. The topological polar surface area (TPSA) is 44.7 Å². The van der Waals surface area contributed by atoms with E-state index >= 15 is 0 Å². The molecular formula is C13H21Cl2FN2O2. The molecule has 1 aliphatic heterocycles. The molecule has 1 heterocycles. The third-order valence-electron chi connectivity index (χ3n) is 3.33. The van der Waals surface area contributed by atoms with Crippen LogP contribution in [0.2, 0.25) is 0 Å². The summed E-state index contributed by atoms with van der Waals surface area (Å²) < 4.78 is 18.3. The zero-order valence-electron chi connectivity index (χ0n) is 11.3. The van der Waals surface area contributed by atoms with Gasteiger partial charge in [0.15, 0.2) is 11.5 Å². The van der Waals surface area contributed by atoms with Crippen LogP contribution >= 0.6 is 24.8 Å². The Labute approximate surface area is 131 Å². The largest absolute Gasteiger partial charge is 0.504 e. The summed E-state index contributed by atoms with van der Waals surface area (Å²) in [6.07, 6.45) is 0. The van der Waals surface area contributed by atoms with E-state index in [1.807, 2.05) is 6.07 Å². The summed E-state index contributed by atoms with van der Waals surface area (Å²) in [6.45, 7) is 2.94. The van der Waals surface area contributed by atoms with Crippen molar-refractivity contribution >= 4 is 24.8 Å². The molecule has 7 heteroatoms. The van der Waals surface area contributed by atoms with Crippen LogP contribution in [0.5, 0.6) is 11.5 Å². The number of halogens is 3. The van der Waals surface area contributed by atoms with Crippen LogP contribution in [0.4, 0.5) is 4.39 Å². The Hall–Kier alpha value is -0.750. The monoisotopic (exact) mass is 326 g/mol. The van der Waals surface area contributed by atoms with Gasteiger partial charge < -0.3 is 15.2 Å². The summed E-state index contributed by atoms with van der Waals surface area (Å²) >= 11 is 0. The molecule has 1 aromatic rings. The van der Waals surface area contributed by atoms with Crippen molar-refractivity contribution in [3.8, 4) is 11.5 Å². The number of alkyl halides is 1. The summed E-state index contributed by atoms with van der Waals surface area (Å²) in [4.78, 5) is 2.09. The summed E-state index contributed by atoms with van der Waals surface area (Å²) in [6, 6.07) is 4.79. The van der Waals surface area contributed by atoms with E-state index in [0.29, 0.717) is 5.75 Å². The number of methoxy groups -OCH3 is 1. The molecule has 1 aromatic carbocycles. The van der Waals surface area contributed by atoms with E-state index in [2.05, 4.69) is 10.2 Å². The molecule has 0 saturated carbocycles. The smallest absolute Gasteiger partial charge is 0.160 e. The van der Waals surface area contributed by atoms with Crippen LogP contribution in [0.15, 0.2) is 18.2 Å². The Bertz CT molecular complexity index is 404. The van der Waals surface area contributed by atoms with Gasteiger partial charge in [0.2, 0.25) is 0 Å². The molecule has 0 aromatic heterocycles. The van der Waals surface area contributed by atoms with Crippen molar-refractivity contribution in [2.75, 3.05) is 40.0 Å². The third-order valence-corrected chi connectivity index (χ3v) is 3.33. The second-order valence-electron chi connectivity index (χ2n) is 4.39. The van der Waals surface area contributed by atoms with E-state index < -0.39 is 6.67 Å². The van der Waals surface area contributed by atoms with Crippen molar-refractivity contribution in [1.82, 2.24) is 10.2 Å². The Morgan fingerprint density at radius 2 is 2.00 bits per heavy atom. The first-order valence-corrected chi connectivity index (χ1v) is 6.14. The quantitative estimate of drug-likeness (QED) is 0.890. The minimum Gasteiger partial charge on any atom is -0.504 e. The Morgan fingerprint density at radius 3 is 2.50 bits per heavy atom. The van der Waals surface area contributed by atoms with Crippen LogP contribution in [0, 0.1) is 0 Å². The average Bonchev–Trinajstić information content (AvgIpc) is 2.41. The van der Waals surface area contributed by atoms with Gasteiger partial charge in [-0.15, -0.1) is 24.8 Å². The minimum absolute atomic E-state index is 0. The zero-order chi connectivity index (χ0) is 13.0. The van der Waals surface area contributed by atoms with Gasteiger partial charge in [-0.2, -0.15) is 0 Å². The molecule has 0 unspecified atom stereocenters. The lowest BCUT2D eigenvalue weighted by molar-refractivity contribution is 0.147. The van der Waals surface area contributed by atoms with Crippen LogP contribution < -0.4 is 10.1 Å². The molecule has 2 rings (SSSR count). The predicted octanol–water partition coefficient (Wildman–Crippen LogP) is 2.16. The maximum Gasteiger partial charge on any atom is 0.160 e. The lowest BCUT2D eigenvalue weighted by Crippen LogP contribution is -2.45. The van der Waals surface area contributed by atoms with Gasteiger partial charge in [0.25, 0.3) is 0 Å². The van der Waals surface area contributed by atoms with Gasteiger partial charge in [0, 0.05) is 26.2 Å². The van der Waals surface area contributed by atoms with Gasteiger partial charge in [-0.1, -0.05) is 6.07 Å². The fraction of sp³-hybridized carbons (Fsp3) is 0.538. The molecule has 20 heavy (non-hydrogen) atoms. The molecule has 2 N–H and O–H groups in total. The number of hydrogen-bond donors (Lipinski definition) is 2. The van der Waals surface area contributed by atoms with Crippen LogP contribution in [-0.4, -0.2) is 50.0 Å². The number of phenolic OH excluding ortho intramolecular Hbond substituents is 1. The lowest BCUT2D eigenvalue weighted by Gasteiger charge is -2.33. The summed E-state index contributed by atoms with van der Waals surface area (Å²) in [5.74, 6) is 0.472. The summed E-state index contributed by atoms with van der Waals surface area (Å²) in [5, 5.41) is 13.0. The number of nitrogens with one attached hydrogen (secondary N) is 1. The number of hydrogen-bond acceptors (Lipinski definition) is 4. The molecule has 0 bridgehead atoms. The molecule has 0 radical (unpaired) electrons. The van der Waals surface area contributed by atoms with E-state index in [1.165, 1.54) is 7.11 Å². The van der Waals surface area contributed by atoms with Gasteiger partial charge in [-0.3, -0.25) is 4.90 Å². The maximum absolute atomic E-state index is 13.3. The zero-order valence-corrected chi connectivity index (χ0v) is 13.0. The fourth-order valence-corrected chi connectivity index (χ4v) is 2.31. The van der Waals surface area contributed by atoms with Gasteiger partial charge in [0.05, 0.1) is 13.2 Å². The molecule has 0 spiro atoms. The molecule has 1 saturated heterocycles. The summed E-state index contributed by atoms with van der Waals surface area (Å²) in [7, 11) is 1.50. The Balaban J connectivity index is 0.00000180. The highest BCUT2D eigenvalue weighted by Gasteiger charge is 2.22. The molecule has 116 valence electrons. The van der Waals surface area contributed by atoms with Crippen molar-refractivity contribution < 1.29 is 14.2 Å². The number of ether oxygens (including phenoxy) is 1. The van der Waals surface area contributed by atoms with Crippen LogP contribution in [-0.2, 0) is 0 Å². The fourth-order valence-electron chi connectivity index (χ4n) is 2.31. The molecule has 0 aliphatic carbocycles. The van der Waals surface area contributed by atoms with Gasteiger partial charge in [-0.25, -0.2) is 4.39 Å². The molecule has 1 fully saturated rings. The Kier molecular flexibility index (Phi) is 8.89. The number of phenols is 1. The van der Waals surface area contributed by atoms with Gasteiger partial charge in [-0.05, 0) is 17.7 Å². The highest BCUT2D eigenvalue weighted by atomic mass is 35.5. The molecule has 1 aliphatic rings. The number of piperazine rings is 1. The predicted molar refractivity (Wildman–Crippen MR) is 82.3 cm³/mol. The average molecular weight is 327 g/mol. The first-order valence-electron chi connectivity index (χ1n) is 6.14. The first-order chi connectivity index (χ1) is 8.76. The van der Waals surface area contributed by atoms with Crippen LogP contribution in [0.1, 0.15) is 11.6 Å². The standard InChI is InChI=1S/C13H19FN2O2.2ClH/c1-18-13-3-2-10(8-12(13)17)11(9-14)16-6-4-15-5-7-16;;/h2-3,8,11,15,17H,4-7,9H2,1H3;2*1H/t11-;;/m1../s1. The van der Waals surface area contributed by atoms with Crippen LogP contribution in [0.3, 0.4) is 0 Å². The number of aromatic hydroxyl groups is 1. The van der Waals surface area contributed by atoms with Crippen molar-refractivity contribution in [3.05, 3.63) is 23.8 Å². The normalized spacial score (nSPS) is 16.7. The second-order valence-corrected chi connectivity index (χ2v) is 4.39. The van der Waals surface area contributed by atoms with Crippen molar-refractivity contribution in [3.63, 3.8) is 0 Å². The van der Waals surface area contributed by atoms with E-state index in [0.717, 1.165) is 31.7 Å². The summed E-state index contributed by atoms with van der Waals surface area (Å²) in [5.41, 5.74) is 0.790. The molecule has 1 atom stereocenters. The van der Waals surface area contributed by atoms with E-state index in [1.54, 1.807) is 12.1 Å².